The SMILES string of the molecule is O=C1OP2(Oc3ccccc3)(N[C@@H]1Cc1ccccc1)Oc1ccccc1O2. The summed E-state index contributed by atoms with van der Waals surface area (Å²) in [6, 6.07) is 25.2. The quantitative estimate of drug-likeness (QED) is 0.660. The fourth-order valence-corrected chi connectivity index (χ4v) is 6.37. The van der Waals surface area contributed by atoms with Gasteiger partial charge in [0.05, 0.1) is 0 Å². The van der Waals surface area contributed by atoms with Crippen LogP contribution in [0.3, 0.4) is 0 Å². The van der Waals surface area contributed by atoms with Gasteiger partial charge in [-0.3, -0.25) is 0 Å². The molecule has 2 aliphatic rings. The first-order valence-corrected chi connectivity index (χ1v) is 10.9. The van der Waals surface area contributed by atoms with Crippen molar-refractivity contribution < 1.29 is 22.9 Å². The normalized spacial score (nSPS) is 22.2. The summed E-state index contributed by atoms with van der Waals surface area (Å²) in [5, 5.41) is 3.17. The zero-order chi connectivity index (χ0) is 19.1. The molecule has 6 nitrogen and oxygen atoms in total. The Balaban J connectivity index is 1.52. The number of carbonyl (C=O) groups excluding carboxylic acids is 1. The summed E-state index contributed by atoms with van der Waals surface area (Å²) in [5.74, 6) is 0.951. The maximum absolute atomic E-state index is 12.8. The fraction of sp³-hybridized carbons (Fsp3) is 0.0952. The fourth-order valence-electron chi connectivity index (χ4n) is 3.33. The van der Waals surface area contributed by atoms with Crippen LogP contribution in [0.15, 0.2) is 84.9 Å². The van der Waals surface area contributed by atoms with Gasteiger partial charge in [-0.1, -0.05) is 0 Å². The van der Waals surface area contributed by atoms with Gasteiger partial charge in [0.1, 0.15) is 0 Å². The van der Waals surface area contributed by atoms with Crippen LogP contribution < -0.4 is 18.7 Å². The third kappa shape index (κ3) is 2.87. The van der Waals surface area contributed by atoms with Crippen LogP contribution in [-0.4, -0.2) is 12.0 Å². The molecule has 1 atom stereocenters. The minimum absolute atomic E-state index is 0.429. The van der Waals surface area contributed by atoms with Crippen molar-refractivity contribution >= 4 is 13.6 Å². The van der Waals surface area contributed by atoms with E-state index >= 15 is 0 Å². The molecular weight excluding hydrogens is 377 g/mol. The standard InChI is InChI=1S/C21H18NO5P/c23-21-18(15-16-9-3-1-4-10-16)22-28(27-21,24-17-11-5-2-6-12-17)25-19-13-7-8-14-20(19)26-28/h1-14,18,22H,15H2/t18-/m1/s1. The van der Waals surface area contributed by atoms with Gasteiger partial charge in [-0.25, -0.2) is 0 Å². The molecule has 0 radical (unpaired) electrons. The van der Waals surface area contributed by atoms with E-state index in [1.54, 1.807) is 24.3 Å². The third-order valence-corrected chi connectivity index (χ3v) is 7.33. The van der Waals surface area contributed by atoms with Gasteiger partial charge in [0.25, 0.3) is 0 Å². The maximum atomic E-state index is 12.8. The topological polar surface area (TPSA) is 66.0 Å². The Morgan fingerprint density at radius 1 is 0.786 bits per heavy atom. The van der Waals surface area contributed by atoms with Crippen molar-refractivity contribution in [3.8, 4) is 17.2 Å². The summed E-state index contributed by atoms with van der Waals surface area (Å²) in [6.45, 7) is 0. The Morgan fingerprint density at radius 2 is 1.36 bits per heavy atom. The Bertz CT molecular complexity index is 1000. The van der Waals surface area contributed by atoms with E-state index in [2.05, 4.69) is 5.09 Å². The van der Waals surface area contributed by atoms with Gasteiger partial charge in [0.15, 0.2) is 0 Å². The molecule has 0 aromatic heterocycles. The van der Waals surface area contributed by atoms with Crippen LogP contribution in [0.4, 0.5) is 0 Å². The van der Waals surface area contributed by atoms with Crippen LogP contribution in [0, 0.1) is 0 Å². The van der Waals surface area contributed by atoms with Gasteiger partial charge in [-0.15, -0.1) is 0 Å². The van der Waals surface area contributed by atoms with Crippen molar-refractivity contribution in [2.24, 2.45) is 0 Å². The summed E-state index contributed by atoms with van der Waals surface area (Å²) in [5.41, 5.74) is 0.993. The molecule has 0 amide bonds. The summed E-state index contributed by atoms with van der Waals surface area (Å²) in [6.07, 6.45) is 0.429. The van der Waals surface area contributed by atoms with E-state index in [0.29, 0.717) is 23.7 Å². The first kappa shape index (κ1) is 17.0. The van der Waals surface area contributed by atoms with Gasteiger partial charge >= 0.3 is 162 Å². The van der Waals surface area contributed by atoms with Crippen LogP contribution in [0.2, 0.25) is 0 Å². The van der Waals surface area contributed by atoms with E-state index in [9.17, 15) is 4.79 Å². The molecule has 1 spiro atoms. The first-order chi connectivity index (χ1) is 13.6. The molecule has 1 fully saturated rings. The number of nitrogens with one attached hydrogen (secondary N) is 1. The summed E-state index contributed by atoms with van der Waals surface area (Å²) in [4.78, 5) is 12.8. The van der Waals surface area contributed by atoms with Gasteiger partial charge in [0, 0.05) is 0 Å². The van der Waals surface area contributed by atoms with E-state index < -0.39 is 19.7 Å². The van der Waals surface area contributed by atoms with Gasteiger partial charge < -0.3 is 0 Å². The van der Waals surface area contributed by atoms with Crippen molar-refractivity contribution in [1.82, 2.24) is 5.09 Å². The van der Waals surface area contributed by atoms with Crippen LogP contribution in [0.1, 0.15) is 5.56 Å². The molecular formula is C21H18NO5P. The number of benzene rings is 3. The number of fused-ring (bicyclic) bond motifs is 1. The molecule has 0 saturated carbocycles. The molecule has 5 rings (SSSR count). The molecule has 1 saturated heterocycles. The van der Waals surface area contributed by atoms with Crippen LogP contribution in [-0.2, 0) is 15.7 Å². The molecule has 0 bridgehead atoms. The second kappa shape index (κ2) is 6.23. The van der Waals surface area contributed by atoms with Crippen molar-refractivity contribution in [3.63, 3.8) is 0 Å². The Morgan fingerprint density at radius 3 is 2.00 bits per heavy atom. The number of carbonyl (C=O) groups is 1. The molecule has 7 heteroatoms. The molecule has 28 heavy (non-hydrogen) atoms. The second-order valence-corrected chi connectivity index (χ2v) is 9.24. The van der Waals surface area contributed by atoms with E-state index in [4.69, 9.17) is 18.1 Å². The summed E-state index contributed by atoms with van der Waals surface area (Å²) < 4.78 is 24.2. The third-order valence-electron chi connectivity index (χ3n) is 4.55. The first-order valence-electron chi connectivity index (χ1n) is 8.96. The van der Waals surface area contributed by atoms with Crippen LogP contribution >= 0.6 is 7.66 Å². The van der Waals surface area contributed by atoms with E-state index in [-0.39, 0.29) is 0 Å². The zero-order valence-electron chi connectivity index (χ0n) is 14.9. The molecule has 2 aliphatic heterocycles. The van der Waals surface area contributed by atoms with E-state index in [1.165, 1.54) is 0 Å². The monoisotopic (exact) mass is 395 g/mol. The van der Waals surface area contributed by atoms with Crippen molar-refractivity contribution in [3.05, 3.63) is 90.5 Å². The van der Waals surface area contributed by atoms with Crippen molar-refractivity contribution in [1.29, 1.82) is 0 Å². The van der Waals surface area contributed by atoms with Crippen molar-refractivity contribution in [2.75, 3.05) is 0 Å². The second-order valence-electron chi connectivity index (χ2n) is 6.63. The Labute approximate surface area is 162 Å². The molecule has 0 unspecified atom stereocenters. The summed E-state index contributed by atoms with van der Waals surface area (Å²) >= 11 is 0. The molecule has 3 aromatic rings. The van der Waals surface area contributed by atoms with E-state index in [1.807, 2.05) is 60.7 Å². The molecule has 0 aliphatic carbocycles. The number of para-hydroxylation sites is 3. The Kier molecular flexibility index (Phi) is 3.79. The number of hydrogen-bond donors (Lipinski definition) is 1. The zero-order valence-corrected chi connectivity index (χ0v) is 15.8. The van der Waals surface area contributed by atoms with Gasteiger partial charge in [-0.2, -0.15) is 0 Å². The Hall–Kier alpha value is -3.08. The molecule has 142 valence electrons. The predicted molar refractivity (Wildman–Crippen MR) is 105 cm³/mol. The van der Waals surface area contributed by atoms with Crippen LogP contribution in [0.5, 0.6) is 17.2 Å². The molecule has 1 N–H and O–H groups in total. The molecule has 3 aromatic carbocycles. The van der Waals surface area contributed by atoms with Crippen LogP contribution in [0.25, 0.3) is 0 Å². The van der Waals surface area contributed by atoms with E-state index in [0.717, 1.165) is 5.56 Å². The van der Waals surface area contributed by atoms with Gasteiger partial charge in [-0.05, 0) is 0 Å². The van der Waals surface area contributed by atoms with Crippen molar-refractivity contribution in [2.45, 2.75) is 12.5 Å². The average molecular weight is 395 g/mol. The predicted octanol–water partition coefficient (Wildman–Crippen LogP) is 4.42. The average Bonchev–Trinajstić information content (AvgIpc) is 3.16. The number of rotatable bonds is 4. The van der Waals surface area contributed by atoms with Gasteiger partial charge in [0.2, 0.25) is 0 Å². The molecule has 2 heterocycles. The minimum atomic E-state index is -4.44. The summed E-state index contributed by atoms with van der Waals surface area (Å²) in [7, 11) is -4.44. The number of hydrogen-bond acceptors (Lipinski definition) is 6.